The van der Waals surface area contributed by atoms with Gasteiger partial charge < -0.3 is 5.41 Å². The summed E-state index contributed by atoms with van der Waals surface area (Å²) in [6.07, 6.45) is 4.72. The molecule has 0 bridgehead atoms. The molecule has 0 saturated heterocycles. The summed E-state index contributed by atoms with van der Waals surface area (Å²) in [5.41, 5.74) is 2.31. The molecule has 1 aliphatic carbocycles. The van der Waals surface area contributed by atoms with Gasteiger partial charge in [-0.2, -0.15) is 17.9 Å². The zero-order valence-corrected chi connectivity index (χ0v) is 13.5. The summed E-state index contributed by atoms with van der Waals surface area (Å²) in [6, 6.07) is 9.38. The molecule has 1 aliphatic rings. The second-order valence-electron chi connectivity index (χ2n) is 6.32. The van der Waals surface area contributed by atoms with Crippen LogP contribution in [0.25, 0.3) is 0 Å². The molecule has 1 fully saturated rings. The molecule has 0 spiro atoms. The molecule has 0 atom stereocenters. The van der Waals surface area contributed by atoms with Crippen molar-refractivity contribution in [3.05, 3.63) is 35.4 Å². The Balaban J connectivity index is 0.000000347. The van der Waals surface area contributed by atoms with Crippen molar-refractivity contribution < 1.29 is 0 Å². The van der Waals surface area contributed by atoms with Gasteiger partial charge in [-0.1, -0.05) is 45.7 Å². The first-order chi connectivity index (χ1) is 9.29. The predicted octanol–water partition coefficient (Wildman–Crippen LogP) is 4.83. The molecule has 0 heterocycles. The first-order valence-corrected chi connectivity index (χ1v) is 7.54. The van der Waals surface area contributed by atoms with Gasteiger partial charge in [0.1, 0.15) is 0 Å². The van der Waals surface area contributed by atoms with E-state index in [1.807, 2.05) is 12.1 Å². The molecule has 3 heteroatoms. The third-order valence-electron chi connectivity index (χ3n) is 2.86. The number of benzene rings is 1. The van der Waals surface area contributed by atoms with Gasteiger partial charge in [0.05, 0.1) is 11.6 Å². The van der Waals surface area contributed by atoms with Crippen LogP contribution < -0.4 is 0 Å². The standard InChI is InChI=1S/C13H14N2.C4H10S/c14-9-11-3-6-12(7-4-11)13(15)8-5-10-1-2-10;1-4(2,3)5/h3-4,6-7,10,15H,1-2,5,8H2;5H,1-3H3. The van der Waals surface area contributed by atoms with Crippen LogP contribution in [-0.4, -0.2) is 10.5 Å². The highest BCUT2D eigenvalue weighted by Crippen LogP contribution is 2.33. The van der Waals surface area contributed by atoms with Crippen LogP contribution >= 0.6 is 12.6 Å². The highest BCUT2D eigenvalue weighted by Gasteiger charge is 2.21. The van der Waals surface area contributed by atoms with Crippen molar-refractivity contribution in [1.82, 2.24) is 0 Å². The highest BCUT2D eigenvalue weighted by atomic mass is 32.1. The average molecular weight is 288 g/mol. The monoisotopic (exact) mass is 288 g/mol. The van der Waals surface area contributed by atoms with Crippen molar-refractivity contribution in [3.63, 3.8) is 0 Å². The van der Waals surface area contributed by atoms with E-state index in [4.69, 9.17) is 10.7 Å². The average Bonchev–Trinajstić information content (AvgIpc) is 3.18. The molecular formula is C17H24N2S. The lowest BCUT2D eigenvalue weighted by atomic mass is 10.0. The van der Waals surface area contributed by atoms with Gasteiger partial charge in [0, 0.05) is 10.5 Å². The first-order valence-electron chi connectivity index (χ1n) is 7.10. The van der Waals surface area contributed by atoms with Crippen LogP contribution in [0.15, 0.2) is 24.3 Å². The Kier molecular flexibility index (Phi) is 6.29. The molecule has 108 valence electrons. The normalized spacial score (nSPS) is 13.9. The van der Waals surface area contributed by atoms with Crippen molar-refractivity contribution >= 4 is 18.3 Å². The molecule has 1 aromatic rings. The van der Waals surface area contributed by atoms with Crippen molar-refractivity contribution in [3.8, 4) is 6.07 Å². The molecule has 0 amide bonds. The SMILES string of the molecule is CC(C)(C)S.N#Cc1ccc(C(=N)CCC2CC2)cc1. The van der Waals surface area contributed by atoms with E-state index in [0.29, 0.717) is 11.3 Å². The highest BCUT2D eigenvalue weighted by molar-refractivity contribution is 7.81. The van der Waals surface area contributed by atoms with E-state index < -0.39 is 0 Å². The minimum Gasteiger partial charge on any atom is -0.305 e. The Labute approximate surface area is 128 Å². The summed E-state index contributed by atoms with van der Waals surface area (Å²) in [5, 5.41) is 16.5. The van der Waals surface area contributed by atoms with Gasteiger partial charge in [-0.15, -0.1) is 0 Å². The Morgan fingerprint density at radius 2 is 1.80 bits per heavy atom. The number of nitriles is 1. The van der Waals surface area contributed by atoms with E-state index in [1.54, 1.807) is 12.1 Å². The van der Waals surface area contributed by atoms with Crippen LogP contribution in [0.4, 0.5) is 0 Å². The smallest absolute Gasteiger partial charge is 0.0991 e. The summed E-state index contributed by atoms with van der Waals surface area (Å²) in [4.78, 5) is 0. The zero-order chi connectivity index (χ0) is 15.2. The van der Waals surface area contributed by atoms with Crippen LogP contribution in [0.1, 0.15) is 57.6 Å². The molecule has 2 nitrogen and oxygen atoms in total. The van der Waals surface area contributed by atoms with Gasteiger partial charge in [0.2, 0.25) is 0 Å². The van der Waals surface area contributed by atoms with Gasteiger partial charge in [-0.05, 0) is 36.5 Å². The Bertz CT molecular complexity index is 467. The van der Waals surface area contributed by atoms with Gasteiger partial charge in [-0.25, -0.2) is 0 Å². The molecule has 20 heavy (non-hydrogen) atoms. The van der Waals surface area contributed by atoms with E-state index in [2.05, 4.69) is 39.5 Å². The fourth-order valence-electron chi connectivity index (χ4n) is 1.65. The molecule has 0 unspecified atom stereocenters. The molecule has 1 aromatic carbocycles. The largest absolute Gasteiger partial charge is 0.305 e. The number of hydrogen-bond donors (Lipinski definition) is 2. The fraction of sp³-hybridized carbons (Fsp3) is 0.529. The number of rotatable bonds is 4. The molecule has 1 saturated carbocycles. The topological polar surface area (TPSA) is 47.6 Å². The summed E-state index contributed by atoms with van der Waals surface area (Å²) >= 11 is 4.12. The molecular weight excluding hydrogens is 264 g/mol. The maximum atomic E-state index is 8.65. The Hall–Kier alpha value is -1.27. The molecule has 2 rings (SSSR count). The minimum atomic E-state index is 0.194. The minimum absolute atomic E-state index is 0.194. The van der Waals surface area contributed by atoms with E-state index in [9.17, 15) is 0 Å². The Morgan fingerprint density at radius 1 is 1.30 bits per heavy atom. The van der Waals surface area contributed by atoms with Gasteiger partial charge in [0.15, 0.2) is 0 Å². The third kappa shape index (κ3) is 8.01. The van der Waals surface area contributed by atoms with E-state index in [1.165, 1.54) is 12.8 Å². The van der Waals surface area contributed by atoms with Gasteiger partial charge in [-0.3, -0.25) is 0 Å². The summed E-state index contributed by atoms with van der Waals surface area (Å²) in [6.45, 7) is 6.16. The van der Waals surface area contributed by atoms with E-state index in [-0.39, 0.29) is 4.75 Å². The zero-order valence-electron chi connectivity index (χ0n) is 12.6. The number of nitrogens with zero attached hydrogens (tertiary/aromatic N) is 1. The summed E-state index contributed by atoms with van der Waals surface area (Å²) < 4.78 is 0.194. The first kappa shape index (κ1) is 16.8. The summed E-state index contributed by atoms with van der Waals surface area (Å²) in [5.74, 6) is 0.878. The quantitative estimate of drug-likeness (QED) is 0.605. The molecule has 0 radical (unpaired) electrons. The van der Waals surface area contributed by atoms with Gasteiger partial charge >= 0.3 is 0 Å². The van der Waals surface area contributed by atoms with Crippen LogP contribution in [0.3, 0.4) is 0 Å². The van der Waals surface area contributed by atoms with Crippen molar-refractivity contribution in [2.45, 2.75) is 51.2 Å². The van der Waals surface area contributed by atoms with Crippen LogP contribution in [-0.2, 0) is 0 Å². The maximum Gasteiger partial charge on any atom is 0.0991 e. The lowest BCUT2D eigenvalue weighted by Gasteiger charge is -2.04. The number of thiol groups is 1. The van der Waals surface area contributed by atoms with Crippen molar-refractivity contribution in [2.24, 2.45) is 5.92 Å². The molecule has 0 aliphatic heterocycles. The lowest BCUT2D eigenvalue weighted by Crippen LogP contribution is -1.99. The van der Waals surface area contributed by atoms with Crippen LogP contribution in [0, 0.1) is 22.7 Å². The van der Waals surface area contributed by atoms with Crippen LogP contribution in [0.5, 0.6) is 0 Å². The number of nitrogens with one attached hydrogen (secondary N) is 1. The Morgan fingerprint density at radius 3 is 2.20 bits per heavy atom. The maximum absolute atomic E-state index is 8.65. The predicted molar refractivity (Wildman–Crippen MR) is 88.7 cm³/mol. The second-order valence-corrected chi connectivity index (χ2v) is 7.66. The van der Waals surface area contributed by atoms with E-state index >= 15 is 0 Å². The van der Waals surface area contributed by atoms with Gasteiger partial charge in [0.25, 0.3) is 0 Å². The van der Waals surface area contributed by atoms with Crippen molar-refractivity contribution in [2.75, 3.05) is 0 Å². The lowest BCUT2D eigenvalue weighted by molar-refractivity contribution is 0.757. The van der Waals surface area contributed by atoms with E-state index in [0.717, 1.165) is 24.3 Å². The second kappa shape index (κ2) is 7.50. The van der Waals surface area contributed by atoms with Crippen molar-refractivity contribution in [1.29, 1.82) is 10.7 Å². The number of hydrogen-bond acceptors (Lipinski definition) is 3. The third-order valence-corrected chi connectivity index (χ3v) is 2.86. The fourth-order valence-corrected chi connectivity index (χ4v) is 1.65. The molecule has 1 N–H and O–H groups in total. The van der Waals surface area contributed by atoms with Crippen LogP contribution in [0.2, 0.25) is 0 Å². The summed E-state index contributed by atoms with van der Waals surface area (Å²) in [7, 11) is 0. The molecule has 0 aromatic heterocycles.